The van der Waals surface area contributed by atoms with Crippen molar-refractivity contribution in [3.8, 4) is 5.88 Å². The van der Waals surface area contributed by atoms with E-state index < -0.39 is 0 Å². The van der Waals surface area contributed by atoms with Crippen molar-refractivity contribution in [3.63, 3.8) is 0 Å². The lowest BCUT2D eigenvalue weighted by molar-refractivity contribution is 0.186. The fourth-order valence-electron chi connectivity index (χ4n) is 2.50. The first-order valence-electron chi connectivity index (χ1n) is 6.88. The van der Waals surface area contributed by atoms with E-state index in [1.165, 1.54) is 0 Å². The van der Waals surface area contributed by atoms with Crippen molar-refractivity contribution >= 4 is 5.82 Å². The van der Waals surface area contributed by atoms with Gasteiger partial charge in [-0.2, -0.15) is 0 Å². The first-order chi connectivity index (χ1) is 9.35. The molecule has 1 aromatic rings. The molecule has 2 aliphatic rings. The fraction of sp³-hybridized carbons (Fsp3) is 0.692. The number of hydrogen-bond acceptors (Lipinski definition) is 6. The van der Waals surface area contributed by atoms with Crippen molar-refractivity contribution in [1.82, 2.24) is 15.3 Å². The fourth-order valence-corrected chi connectivity index (χ4v) is 2.50. The number of aromatic nitrogens is 2. The molecule has 104 valence electrons. The van der Waals surface area contributed by atoms with Crippen LogP contribution in [0, 0.1) is 0 Å². The molecule has 1 atom stereocenters. The average Bonchev–Trinajstić information content (AvgIpc) is 2.87. The molecule has 1 unspecified atom stereocenters. The van der Waals surface area contributed by atoms with E-state index in [9.17, 15) is 0 Å². The molecule has 2 fully saturated rings. The topological polar surface area (TPSA) is 59.5 Å². The summed E-state index contributed by atoms with van der Waals surface area (Å²) in [6.07, 6.45) is 2.68. The molecule has 0 spiro atoms. The Morgan fingerprint density at radius 1 is 1.42 bits per heavy atom. The van der Waals surface area contributed by atoms with Crippen LogP contribution in [0.1, 0.15) is 13.3 Å². The molecule has 0 bridgehead atoms. The van der Waals surface area contributed by atoms with Crippen LogP contribution >= 0.6 is 0 Å². The van der Waals surface area contributed by atoms with Crippen LogP contribution in [0.2, 0.25) is 0 Å². The van der Waals surface area contributed by atoms with Gasteiger partial charge in [0, 0.05) is 37.8 Å². The molecule has 0 aromatic carbocycles. The second-order valence-electron chi connectivity index (χ2n) is 4.98. The first-order valence-corrected chi connectivity index (χ1v) is 6.88. The third-order valence-corrected chi connectivity index (χ3v) is 3.53. The molecular weight excluding hydrogens is 244 g/mol. The quantitative estimate of drug-likeness (QED) is 0.833. The Kier molecular flexibility index (Phi) is 3.79. The van der Waals surface area contributed by atoms with Gasteiger partial charge in [-0.3, -0.25) is 0 Å². The molecule has 19 heavy (non-hydrogen) atoms. The summed E-state index contributed by atoms with van der Waals surface area (Å²) in [6.45, 7) is 6.28. The van der Waals surface area contributed by atoms with Crippen LogP contribution in [0.25, 0.3) is 0 Å². The zero-order chi connectivity index (χ0) is 13.1. The minimum Gasteiger partial charge on any atom is -0.478 e. The van der Waals surface area contributed by atoms with E-state index in [2.05, 4.69) is 20.2 Å². The molecular formula is C13H20N4O2. The molecule has 0 aliphatic carbocycles. The largest absolute Gasteiger partial charge is 0.478 e. The molecule has 0 amide bonds. The highest BCUT2D eigenvalue weighted by Gasteiger charge is 2.30. The molecule has 6 heteroatoms. The number of nitrogens with one attached hydrogen (secondary N) is 1. The highest BCUT2D eigenvalue weighted by atomic mass is 16.5. The predicted molar refractivity (Wildman–Crippen MR) is 71.6 cm³/mol. The van der Waals surface area contributed by atoms with Gasteiger partial charge >= 0.3 is 0 Å². The second-order valence-corrected chi connectivity index (χ2v) is 4.98. The van der Waals surface area contributed by atoms with Crippen molar-refractivity contribution in [2.24, 2.45) is 0 Å². The van der Waals surface area contributed by atoms with Gasteiger partial charge in [0.1, 0.15) is 12.1 Å². The van der Waals surface area contributed by atoms with Gasteiger partial charge in [-0.1, -0.05) is 0 Å². The Morgan fingerprint density at radius 2 is 2.32 bits per heavy atom. The van der Waals surface area contributed by atoms with E-state index in [0.717, 1.165) is 38.5 Å². The predicted octanol–water partition coefficient (Wildman–Crippen LogP) is 0.442. The van der Waals surface area contributed by atoms with E-state index in [1.807, 2.05) is 13.0 Å². The lowest BCUT2D eigenvalue weighted by Gasteiger charge is -2.41. The van der Waals surface area contributed by atoms with Crippen molar-refractivity contribution in [3.05, 3.63) is 12.4 Å². The Morgan fingerprint density at radius 3 is 3.05 bits per heavy atom. The molecule has 6 nitrogen and oxygen atoms in total. The smallest absolute Gasteiger partial charge is 0.218 e. The van der Waals surface area contributed by atoms with Gasteiger partial charge < -0.3 is 19.7 Å². The van der Waals surface area contributed by atoms with Gasteiger partial charge in [-0.25, -0.2) is 9.97 Å². The van der Waals surface area contributed by atoms with Gasteiger partial charge in [-0.05, 0) is 13.3 Å². The molecule has 3 heterocycles. The number of nitrogens with zero attached hydrogens (tertiary/aromatic N) is 3. The maximum absolute atomic E-state index is 5.39. The van der Waals surface area contributed by atoms with Crippen LogP contribution in [0.4, 0.5) is 5.82 Å². The molecule has 2 aliphatic heterocycles. The maximum atomic E-state index is 5.39. The maximum Gasteiger partial charge on any atom is 0.218 e. The van der Waals surface area contributed by atoms with Crippen LogP contribution < -0.4 is 15.0 Å². The highest BCUT2D eigenvalue weighted by Crippen LogP contribution is 2.21. The molecule has 0 saturated carbocycles. The summed E-state index contributed by atoms with van der Waals surface area (Å²) in [6, 6.07) is 2.96. The second kappa shape index (κ2) is 5.71. The van der Waals surface area contributed by atoms with E-state index in [1.54, 1.807) is 6.33 Å². The van der Waals surface area contributed by atoms with Gasteiger partial charge in [0.25, 0.3) is 0 Å². The lowest BCUT2D eigenvalue weighted by atomic mass is 10.1. The Bertz CT molecular complexity index is 417. The summed E-state index contributed by atoms with van der Waals surface area (Å²) < 4.78 is 10.8. The molecule has 3 rings (SSSR count). The number of anilines is 1. The average molecular weight is 264 g/mol. The van der Waals surface area contributed by atoms with E-state index >= 15 is 0 Å². The Labute approximate surface area is 113 Å². The molecule has 1 aromatic heterocycles. The zero-order valence-corrected chi connectivity index (χ0v) is 11.2. The number of hydrogen-bond donors (Lipinski definition) is 1. The third-order valence-electron chi connectivity index (χ3n) is 3.53. The summed E-state index contributed by atoms with van der Waals surface area (Å²) in [7, 11) is 0. The minimum absolute atomic E-state index is 0.525. The minimum atomic E-state index is 0.525. The zero-order valence-electron chi connectivity index (χ0n) is 11.2. The van der Waals surface area contributed by atoms with Gasteiger partial charge in [0.05, 0.1) is 13.2 Å². The SMILES string of the molecule is CCOc1cc(N2CC(NC3CCOC3)C2)ncn1. The standard InChI is InChI=1S/C13H20N4O2/c1-2-19-13-5-12(14-9-15-13)17-6-11(7-17)16-10-3-4-18-8-10/h5,9-11,16H,2-4,6-8H2,1H3. The monoisotopic (exact) mass is 264 g/mol. The van der Waals surface area contributed by atoms with E-state index in [0.29, 0.717) is 24.6 Å². The first kappa shape index (κ1) is 12.6. The third kappa shape index (κ3) is 2.96. The van der Waals surface area contributed by atoms with Crippen molar-refractivity contribution in [2.45, 2.75) is 25.4 Å². The normalized spacial score (nSPS) is 23.4. The summed E-state index contributed by atoms with van der Waals surface area (Å²) in [4.78, 5) is 10.6. The molecule has 2 saturated heterocycles. The Balaban J connectivity index is 1.50. The summed E-state index contributed by atoms with van der Waals surface area (Å²) in [5, 5.41) is 3.61. The Hall–Kier alpha value is -1.40. The molecule has 1 N–H and O–H groups in total. The summed E-state index contributed by atoms with van der Waals surface area (Å²) in [5.74, 6) is 1.59. The number of ether oxygens (including phenoxy) is 2. The van der Waals surface area contributed by atoms with Gasteiger partial charge in [0.2, 0.25) is 5.88 Å². The summed E-state index contributed by atoms with van der Waals surface area (Å²) in [5.41, 5.74) is 0. The van der Waals surface area contributed by atoms with Crippen LogP contribution in [0.5, 0.6) is 5.88 Å². The highest BCUT2D eigenvalue weighted by molar-refractivity contribution is 5.44. The van der Waals surface area contributed by atoms with Gasteiger partial charge in [-0.15, -0.1) is 0 Å². The van der Waals surface area contributed by atoms with Crippen molar-refractivity contribution < 1.29 is 9.47 Å². The number of rotatable bonds is 5. The summed E-state index contributed by atoms with van der Waals surface area (Å²) >= 11 is 0. The van der Waals surface area contributed by atoms with Crippen LogP contribution in [0.3, 0.4) is 0 Å². The molecule has 0 radical (unpaired) electrons. The van der Waals surface area contributed by atoms with Gasteiger partial charge in [0.15, 0.2) is 0 Å². The van der Waals surface area contributed by atoms with Crippen molar-refractivity contribution in [1.29, 1.82) is 0 Å². The van der Waals surface area contributed by atoms with Crippen LogP contribution in [0.15, 0.2) is 12.4 Å². The van der Waals surface area contributed by atoms with Crippen LogP contribution in [-0.4, -0.2) is 55.0 Å². The lowest BCUT2D eigenvalue weighted by Crippen LogP contribution is -2.60. The van der Waals surface area contributed by atoms with E-state index in [-0.39, 0.29) is 0 Å². The van der Waals surface area contributed by atoms with Crippen molar-refractivity contribution in [2.75, 3.05) is 37.8 Å². The van der Waals surface area contributed by atoms with E-state index in [4.69, 9.17) is 9.47 Å². The van der Waals surface area contributed by atoms with Crippen LogP contribution in [-0.2, 0) is 4.74 Å².